The van der Waals surface area contributed by atoms with Crippen LogP contribution in [0.5, 0.6) is 5.75 Å². The molecule has 5 nitrogen and oxygen atoms in total. The van der Waals surface area contributed by atoms with Crippen LogP contribution in [0.1, 0.15) is 21.5 Å². The van der Waals surface area contributed by atoms with Crippen LogP contribution in [0.3, 0.4) is 0 Å². The monoisotopic (exact) mass is 441 g/mol. The van der Waals surface area contributed by atoms with Crippen molar-refractivity contribution in [3.8, 4) is 17.0 Å². The average molecular weight is 442 g/mol. The minimum absolute atomic E-state index is 0.121. The van der Waals surface area contributed by atoms with E-state index in [1.807, 2.05) is 91.9 Å². The summed E-state index contributed by atoms with van der Waals surface area (Å²) >= 11 is 1.58. The van der Waals surface area contributed by atoms with E-state index in [1.165, 1.54) is 0 Å². The molecule has 1 N–H and O–H groups in total. The van der Waals surface area contributed by atoms with Crippen LogP contribution < -0.4 is 10.1 Å². The molecule has 0 aliphatic heterocycles. The van der Waals surface area contributed by atoms with Crippen molar-refractivity contribution in [2.45, 2.75) is 17.7 Å². The zero-order valence-corrected chi connectivity index (χ0v) is 18.7. The summed E-state index contributed by atoms with van der Waals surface area (Å²) in [5.41, 5.74) is 5.42. The van der Waals surface area contributed by atoms with Crippen molar-refractivity contribution in [2.75, 3.05) is 12.4 Å². The lowest BCUT2D eigenvalue weighted by molar-refractivity contribution is 0.102. The second-order valence-corrected chi connectivity index (χ2v) is 8.29. The lowest BCUT2D eigenvalue weighted by atomic mass is 10.1. The Labute approximate surface area is 191 Å². The number of nitrogens with zero attached hydrogens (tertiary/aromatic N) is 2. The van der Waals surface area contributed by atoms with Crippen molar-refractivity contribution in [3.05, 3.63) is 102 Å². The third-order valence-corrected chi connectivity index (χ3v) is 5.90. The fourth-order valence-electron chi connectivity index (χ4n) is 3.11. The Morgan fingerprint density at radius 2 is 1.72 bits per heavy atom. The molecule has 4 rings (SSSR count). The first-order valence-corrected chi connectivity index (χ1v) is 11.2. The van der Waals surface area contributed by atoms with Gasteiger partial charge in [0.1, 0.15) is 10.8 Å². The number of aromatic nitrogens is 2. The van der Waals surface area contributed by atoms with Crippen LogP contribution in [0.15, 0.2) is 90.0 Å². The molecule has 0 aliphatic rings. The van der Waals surface area contributed by atoms with Crippen LogP contribution in [0.25, 0.3) is 11.3 Å². The third kappa shape index (κ3) is 5.53. The van der Waals surface area contributed by atoms with E-state index in [1.54, 1.807) is 18.9 Å². The molecule has 0 saturated heterocycles. The lowest BCUT2D eigenvalue weighted by Crippen LogP contribution is -2.12. The number of benzene rings is 3. The van der Waals surface area contributed by atoms with Gasteiger partial charge >= 0.3 is 0 Å². The number of thioether (sulfide) groups is 1. The molecule has 1 aromatic heterocycles. The normalized spacial score (nSPS) is 10.6. The molecule has 1 heterocycles. The highest BCUT2D eigenvalue weighted by molar-refractivity contribution is 7.98. The quantitative estimate of drug-likeness (QED) is 0.356. The first-order chi connectivity index (χ1) is 15.6. The Hall–Kier alpha value is -3.64. The molecule has 0 unspecified atom stereocenters. The molecule has 32 heavy (non-hydrogen) atoms. The topological polar surface area (TPSA) is 64.1 Å². The van der Waals surface area contributed by atoms with Gasteiger partial charge in [-0.25, -0.2) is 0 Å². The predicted octanol–water partition coefficient (Wildman–Crippen LogP) is 6.01. The number of anilines is 1. The van der Waals surface area contributed by atoms with Gasteiger partial charge in [-0.15, -0.1) is 10.2 Å². The Morgan fingerprint density at radius 1 is 0.938 bits per heavy atom. The molecule has 160 valence electrons. The number of carbonyl (C=O) groups excluding carboxylic acids is 1. The largest absolute Gasteiger partial charge is 0.497 e. The van der Waals surface area contributed by atoms with Gasteiger partial charge in [-0.3, -0.25) is 4.79 Å². The van der Waals surface area contributed by atoms with Crippen molar-refractivity contribution in [1.82, 2.24) is 10.2 Å². The maximum absolute atomic E-state index is 12.6. The fraction of sp³-hybridized carbons (Fsp3) is 0.115. The molecule has 0 atom stereocenters. The highest BCUT2D eigenvalue weighted by atomic mass is 32.2. The van der Waals surface area contributed by atoms with E-state index < -0.39 is 0 Å². The van der Waals surface area contributed by atoms with Gasteiger partial charge in [0.15, 0.2) is 0 Å². The molecular formula is C26H23N3O2S. The molecule has 0 spiro atoms. The van der Waals surface area contributed by atoms with Gasteiger partial charge in [-0.1, -0.05) is 41.6 Å². The Bertz CT molecular complexity index is 1190. The molecule has 0 aliphatic carbocycles. The smallest absolute Gasteiger partial charge is 0.255 e. The predicted molar refractivity (Wildman–Crippen MR) is 129 cm³/mol. The number of aryl methyl sites for hydroxylation is 1. The van der Waals surface area contributed by atoms with Gasteiger partial charge in [0.25, 0.3) is 5.91 Å². The molecule has 0 fully saturated rings. The van der Waals surface area contributed by atoms with E-state index in [4.69, 9.17) is 4.74 Å². The van der Waals surface area contributed by atoms with Crippen LogP contribution >= 0.6 is 11.8 Å². The molecule has 0 saturated carbocycles. The number of nitrogens with one attached hydrogen (secondary N) is 1. The standard InChI is InChI=1S/C26H23N3O2S/c1-18-6-10-22(11-7-18)27-26(30)21-5-3-4-19(16-21)17-32-25-15-14-24(28-29-25)20-8-12-23(31-2)13-9-20/h3-16H,17H2,1-2H3,(H,27,30). The minimum atomic E-state index is -0.121. The highest BCUT2D eigenvalue weighted by Gasteiger charge is 2.08. The number of methoxy groups -OCH3 is 1. The summed E-state index contributed by atoms with van der Waals surface area (Å²) in [7, 11) is 1.65. The maximum Gasteiger partial charge on any atom is 0.255 e. The van der Waals surface area contributed by atoms with E-state index in [-0.39, 0.29) is 5.91 Å². The summed E-state index contributed by atoms with van der Waals surface area (Å²) in [6, 6.07) is 27.1. The molecule has 6 heteroatoms. The van der Waals surface area contributed by atoms with E-state index in [9.17, 15) is 4.79 Å². The highest BCUT2D eigenvalue weighted by Crippen LogP contribution is 2.24. The Morgan fingerprint density at radius 3 is 2.41 bits per heavy atom. The molecular weight excluding hydrogens is 418 g/mol. The van der Waals surface area contributed by atoms with Crippen LogP contribution in [0, 0.1) is 6.92 Å². The van der Waals surface area contributed by atoms with Crippen LogP contribution in [0.4, 0.5) is 5.69 Å². The van der Waals surface area contributed by atoms with Crippen molar-refractivity contribution in [3.63, 3.8) is 0 Å². The zero-order chi connectivity index (χ0) is 22.3. The van der Waals surface area contributed by atoms with Crippen molar-refractivity contribution in [1.29, 1.82) is 0 Å². The van der Waals surface area contributed by atoms with Gasteiger partial charge in [0, 0.05) is 22.6 Å². The van der Waals surface area contributed by atoms with Gasteiger partial charge < -0.3 is 10.1 Å². The number of amides is 1. The van der Waals surface area contributed by atoms with E-state index >= 15 is 0 Å². The van der Waals surface area contributed by atoms with E-state index in [0.29, 0.717) is 11.3 Å². The van der Waals surface area contributed by atoms with Gasteiger partial charge in [-0.2, -0.15) is 0 Å². The Balaban J connectivity index is 1.37. The fourth-order valence-corrected chi connectivity index (χ4v) is 3.87. The van der Waals surface area contributed by atoms with Gasteiger partial charge in [-0.05, 0) is 73.2 Å². The van der Waals surface area contributed by atoms with Crippen LogP contribution in [-0.4, -0.2) is 23.2 Å². The van der Waals surface area contributed by atoms with Crippen molar-refractivity contribution >= 4 is 23.4 Å². The average Bonchev–Trinajstić information content (AvgIpc) is 2.85. The molecule has 3 aromatic carbocycles. The van der Waals surface area contributed by atoms with Crippen LogP contribution in [0.2, 0.25) is 0 Å². The summed E-state index contributed by atoms with van der Waals surface area (Å²) in [6.07, 6.45) is 0. The van der Waals surface area contributed by atoms with E-state index in [0.717, 1.165) is 38.8 Å². The minimum Gasteiger partial charge on any atom is -0.497 e. The number of hydrogen-bond donors (Lipinski definition) is 1. The zero-order valence-electron chi connectivity index (χ0n) is 17.9. The molecule has 0 bridgehead atoms. The summed E-state index contributed by atoms with van der Waals surface area (Å²) in [6.45, 7) is 2.02. The second-order valence-electron chi connectivity index (χ2n) is 7.29. The first-order valence-electron chi connectivity index (χ1n) is 10.2. The Kier molecular flexibility index (Phi) is 6.82. The molecule has 4 aromatic rings. The lowest BCUT2D eigenvalue weighted by Gasteiger charge is -2.08. The summed E-state index contributed by atoms with van der Waals surface area (Å²) < 4.78 is 5.19. The molecule has 1 amide bonds. The number of ether oxygens (including phenoxy) is 1. The second kappa shape index (κ2) is 10.1. The maximum atomic E-state index is 12.6. The van der Waals surface area contributed by atoms with Crippen molar-refractivity contribution in [2.24, 2.45) is 0 Å². The molecule has 0 radical (unpaired) electrons. The van der Waals surface area contributed by atoms with Crippen molar-refractivity contribution < 1.29 is 9.53 Å². The first kappa shape index (κ1) is 21.6. The summed E-state index contributed by atoms with van der Waals surface area (Å²) in [5, 5.41) is 12.4. The van der Waals surface area contributed by atoms with Gasteiger partial charge in [0.05, 0.1) is 12.8 Å². The van der Waals surface area contributed by atoms with Crippen LogP contribution in [-0.2, 0) is 5.75 Å². The summed E-state index contributed by atoms with van der Waals surface area (Å²) in [5.74, 6) is 1.38. The number of rotatable bonds is 7. The van der Waals surface area contributed by atoms with Gasteiger partial charge in [0.2, 0.25) is 0 Å². The summed E-state index contributed by atoms with van der Waals surface area (Å²) in [4.78, 5) is 12.6. The SMILES string of the molecule is COc1ccc(-c2ccc(SCc3cccc(C(=O)Nc4ccc(C)cc4)c3)nn2)cc1. The van der Waals surface area contributed by atoms with E-state index in [2.05, 4.69) is 15.5 Å². The third-order valence-electron chi connectivity index (χ3n) is 4.91. The number of carbonyl (C=O) groups is 1. The number of hydrogen-bond acceptors (Lipinski definition) is 5.